The van der Waals surface area contributed by atoms with Gasteiger partial charge in [0.05, 0.1) is 43.5 Å². The Morgan fingerprint density at radius 2 is 2.20 bits per heavy atom. The largest absolute Gasteiger partial charge is 0.315 e. The zero-order valence-corrected chi connectivity index (χ0v) is 16.0. The number of likely N-dealkylation sites (N-methyl/N-ethyl adjacent to an activating group) is 1. The Labute approximate surface area is 144 Å². The molecule has 2 aliphatic rings. The van der Waals surface area contributed by atoms with Crippen molar-refractivity contribution in [3.05, 3.63) is 5.69 Å². The molecule has 0 N–H and O–H groups in total. The van der Waals surface area contributed by atoms with Gasteiger partial charge in [-0.15, -0.1) is 11.8 Å². The van der Waals surface area contributed by atoms with Crippen LogP contribution in [0.4, 0.5) is 0 Å². The van der Waals surface area contributed by atoms with Gasteiger partial charge in [-0.05, 0) is 41.2 Å². The highest BCUT2D eigenvalue weighted by Crippen LogP contribution is 2.47. The third kappa shape index (κ3) is 2.90. The fraction of sp³-hybridized carbons (Fsp3) is 0.857. The Kier molecular flexibility index (Phi) is 4.94. The van der Waals surface area contributed by atoms with E-state index in [1.165, 1.54) is 71.5 Å². The van der Waals surface area contributed by atoms with E-state index in [1.807, 2.05) is 11.8 Å². The quantitative estimate of drug-likeness (QED) is 0.177. The molecular weight excluding hydrogens is 401 g/mol. The molecule has 0 aliphatic carbocycles. The first-order valence-electron chi connectivity index (χ1n) is 7.57. The first-order valence-corrected chi connectivity index (χ1v) is 10.5. The molecule has 2 saturated heterocycles. The lowest BCUT2D eigenvalue weighted by Gasteiger charge is -2.37. The maximum Gasteiger partial charge on any atom is 0.139 e. The number of fused-ring (bicyclic) bond motifs is 2. The molecule has 0 radical (unpaired) electrons. The number of thioether (sulfide) groups is 1. The molecule has 4 unspecified atom stereocenters. The summed E-state index contributed by atoms with van der Waals surface area (Å²) in [6.07, 6.45) is 5.29. The second-order valence-corrected chi connectivity index (χ2v) is 9.43. The van der Waals surface area contributed by atoms with E-state index in [0.717, 1.165) is 9.97 Å². The van der Waals surface area contributed by atoms with Crippen LogP contribution in [0.3, 0.4) is 0 Å². The standard InChI is InChI=1S/C14H23IN3S2/c1-3-4-7-19-14-13(16-20-17-14)11-9-18(2)8-10(11)5-6-12(18)15/h10-12H,3-9H2,1-2H3/q+1. The molecule has 3 rings (SSSR count). The van der Waals surface area contributed by atoms with E-state index in [1.54, 1.807) is 0 Å². The zero-order chi connectivity index (χ0) is 14.2. The van der Waals surface area contributed by atoms with Crippen LogP contribution in [0.1, 0.15) is 44.2 Å². The molecular formula is C14H23IN3S2+. The van der Waals surface area contributed by atoms with E-state index in [4.69, 9.17) is 4.37 Å². The fourth-order valence-electron chi connectivity index (χ4n) is 3.66. The molecule has 2 aliphatic heterocycles. The minimum Gasteiger partial charge on any atom is -0.315 e. The van der Waals surface area contributed by atoms with Crippen molar-refractivity contribution >= 4 is 46.1 Å². The van der Waals surface area contributed by atoms with Gasteiger partial charge in [-0.25, -0.2) is 0 Å². The van der Waals surface area contributed by atoms with Gasteiger partial charge in [0, 0.05) is 12.3 Å². The number of piperidine rings is 1. The molecule has 6 heteroatoms. The number of unbranched alkanes of at least 4 members (excludes halogenated alkanes) is 1. The molecule has 1 aromatic rings. The van der Waals surface area contributed by atoms with E-state index in [2.05, 4.69) is 40.9 Å². The minimum absolute atomic E-state index is 0.655. The van der Waals surface area contributed by atoms with Crippen LogP contribution in [-0.2, 0) is 0 Å². The van der Waals surface area contributed by atoms with Gasteiger partial charge in [-0.1, -0.05) is 13.3 Å². The first-order chi connectivity index (χ1) is 9.64. The Morgan fingerprint density at radius 3 is 2.95 bits per heavy atom. The Bertz CT molecular complexity index is 467. The molecule has 3 heterocycles. The van der Waals surface area contributed by atoms with E-state index in [-0.39, 0.29) is 0 Å². The molecule has 3 nitrogen and oxygen atoms in total. The number of halogens is 1. The average molecular weight is 424 g/mol. The summed E-state index contributed by atoms with van der Waals surface area (Å²) in [4.78, 5) is 0. The predicted molar refractivity (Wildman–Crippen MR) is 94.7 cm³/mol. The van der Waals surface area contributed by atoms with Gasteiger partial charge in [-0.3, -0.25) is 0 Å². The summed E-state index contributed by atoms with van der Waals surface area (Å²) in [7, 11) is 2.44. The van der Waals surface area contributed by atoms with E-state index in [0.29, 0.717) is 5.92 Å². The van der Waals surface area contributed by atoms with Gasteiger partial charge in [0.1, 0.15) is 9.07 Å². The van der Waals surface area contributed by atoms with Crippen molar-refractivity contribution in [2.75, 3.05) is 25.9 Å². The highest BCUT2D eigenvalue weighted by Gasteiger charge is 2.51. The summed E-state index contributed by atoms with van der Waals surface area (Å²) in [6.45, 7) is 4.86. The molecule has 2 fully saturated rings. The predicted octanol–water partition coefficient (Wildman–Crippen LogP) is 4.15. The molecule has 20 heavy (non-hydrogen) atoms. The van der Waals surface area contributed by atoms with Crippen molar-refractivity contribution in [1.29, 1.82) is 0 Å². The normalized spacial score (nSPS) is 36.5. The zero-order valence-electron chi connectivity index (χ0n) is 12.2. The molecule has 0 amide bonds. The minimum atomic E-state index is 0.655. The van der Waals surface area contributed by atoms with Gasteiger partial charge >= 0.3 is 0 Å². The average Bonchev–Trinajstić information content (AvgIpc) is 2.98. The number of hydrogen-bond donors (Lipinski definition) is 0. The number of rotatable bonds is 5. The molecule has 1 aromatic heterocycles. The monoisotopic (exact) mass is 424 g/mol. The topological polar surface area (TPSA) is 25.8 Å². The Hall–Kier alpha value is 0.600. The van der Waals surface area contributed by atoms with Crippen molar-refractivity contribution < 1.29 is 4.48 Å². The number of aromatic nitrogens is 2. The van der Waals surface area contributed by atoms with Crippen molar-refractivity contribution in [2.45, 2.75) is 47.6 Å². The first kappa shape index (κ1) is 15.5. The number of nitrogens with zero attached hydrogens (tertiary/aromatic N) is 3. The molecule has 0 aromatic carbocycles. The van der Waals surface area contributed by atoms with Crippen molar-refractivity contribution in [2.24, 2.45) is 5.92 Å². The number of alkyl halides is 1. The van der Waals surface area contributed by atoms with Crippen LogP contribution >= 0.6 is 46.1 Å². The lowest BCUT2D eigenvalue weighted by molar-refractivity contribution is -0.909. The molecule has 2 bridgehead atoms. The van der Waals surface area contributed by atoms with Gasteiger partial charge < -0.3 is 4.48 Å². The van der Waals surface area contributed by atoms with Crippen molar-refractivity contribution in [3.8, 4) is 0 Å². The SMILES string of the molecule is CCCCSc1nsnc1C1C[N+]2(C)CC1CCC2I. The third-order valence-electron chi connectivity index (χ3n) is 4.86. The summed E-state index contributed by atoms with van der Waals surface area (Å²) in [5.41, 5.74) is 1.33. The Balaban J connectivity index is 1.75. The lowest BCUT2D eigenvalue weighted by Crippen LogP contribution is -2.49. The van der Waals surface area contributed by atoms with Crippen LogP contribution in [-0.4, -0.2) is 43.2 Å². The maximum atomic E-state index is 4.69. The van der Waals surface area contributed by atoms with E-state index < -0.39 is 0 Å². The Morgan fingerprint density at radius 1 is 1.35 bits per heavy atom. The van der Waals surface area contributed by atoms with Gasteiger partial charge in [0.15, 0.2) is 0 Å². The number of quaternary nitrogens is 1. The molecule has 0 saturated carbocycles. The summed E-state index contributed by atoms with van der Waals surface area (Å²) in [5, 5.41) is 1.24. The summed E-state index contributed by atoms with van der Waals surface area (Å²) in [5.74, 6) is 2.68. The van der Waals surface area contributed by atoms with Crippen LogP contribution < -0.4 is 0 Å². The van der Waals surface area contributed by atoms with Gasteiger partial charge in [0.25, 0.3) is 0 Å². The molecule has 112 valence electrons. The van der Waals surface area contributed by atoms with Crippen LogP contribution in [0.15, 0.2) is 5.03 Å². The van der Waals surface area contributed by atoms with Crippen LogP contribution in [0.2, 0.25) is 0 Å². The van der Waals surface area contributed by atoms with Crippen LogP contribution in [0, 0.1) is 5.92 Å². The third-order valence-corrected chi connectivity index (χ3v) is 8.55. The highest BCUT2D eigenvalue weighted by molar-refractivity contribution is 14.1. The van der Waals surface area contributed by atoms with E-state index in [9.17, 15) is 0 Å². The second kappa shape index (κ2) is 6.38. The smallest absolute Gasteiger partial charge is 0.139 e. The molecule has 4 atom stereocenters. The van der Waals surface area contributed by atoms with Crippen LogP contribution in [0.5, 0.6) is 0 Å². The van der Waals surface area contributed by atoms with E-state index >= 15 is 0 Å². The second-order valence-electron chi connectivity index (χ2n) is 6.38. The van der Waals surface area contributed by atoms with Crippen molar-refractivity contribution in [3.63, 3.8) is 0 Å². The fourth-order valence-corrected chi connectivity index (χ4v) is 6.33. The van der Waals surface area contributed by atoms with Crippen molar-refractivity contribution in [1.82, 2.24) is 8.75 Å². The summed E-state index contributed by atoms with van der Waals surface area (Å²) >= 11 is 6.00. The van der Waals surface area contributed by atoms with Gasteiger partial charge in [-0.2, -0.15) is 8.75 Å². The molecule has 0 spiro atoms. The number of hydrogen-bond acceptors (Lipinski definition) is 4. The lowest BCUT2D eigenvalue weighted by atomic mass is 9.89. The highest BCUT2D eigenvalue weighted by atomic mass is 127. The summed E-state index contributed by atoms with van der Waals surface area (Å²) in [6, 6.07) is 0. The summed E-state index contributed by atoms with van der Waals surface area (Å²) < 4.78 is 11.3. The van der Waals surface area contributed by atoms with Crippen LogP contribution in [0.25, 0.3) is 0 Å². The maximum absolute atomic E-state index is 4.69. The van der Waals surface area contributed by atoms with Gasteiger partial charge in [0.2, 0.25) is 0 Å².